The van der Waals surface area contributed by atoms with Crippen molar-refractivity contribution in [3.8, 4) is 0 Å². The van der Waals surface area contributed by atoms with E-state index in [0.717, 1.165) is 12.7 Å². The van der Waals surface area contributed by atoms with E-state index in [1.165, 1.54) is 0 Å². The molecular weight excluding hydrogens is 316 g/mol. The van der Waals surface area contributed by atoms with E-state index in [-0.39, 0.29) is 5.92 Å². The molecule has 0 saturated heterocycles. The molecule has 1 amide bonds. The van der Waals surface area contributed by atoms with Gasteiger partial charge in [-0.15, -0.1) is 0 Å². The van der Waals surface area contributed by atoms with Crippen molar-refractivity contribution in [2.75, 3.05) is 20.6 Å². The van der Waals surface area contributed by atoms with Crippen molar-refractivity contribution in [3.63, 3.8) is 0 Å². The summed E-state index contributed by atoms with van der Waals surface area (Å²) in [6, 6.07) is 0. The van der Waals surface area contributed by atoms with Crippen LogP contribution in [0.3, 0.4) is 0 Å². The number of carbonyl (C=O) groups excluding carboxylic acids is 2. The first-order chi connectivity index (χ1) is 11.9. The number of allylic oxidation sites excluding steroid dienone is 4. The third kappa shape index (κ3) is 10.2. The quantitative estimate of drug-likeness (QED) is 0.220. The second kappa shape index (κ2) is 15.2. The number of nitrogens with two attached hydrogens (primary N) is 1. The number of amides is 1. The van der Waals surface area contributed by atoms with Gasteiger partial charge in [-0.3, -0.25) is 14.6 Å². The number of amidine groups is 1. The van der Waals surface area contributed by atoms with E-state index in [2.05, 4.69) is 10.3 Å². The van der Waals surface area contributed by atoms with Gasteiger partial charge in [-0.05, 0) is 19.3 Å². The average molecular weight is 351 g/mol. The molecule has 1 unspecified atom stereocenters. The molecule has 0 aliphatic carbocycles. The lowest BCUT2D eigenvalue weighted by atomic mass is 10.1. The van der Waals surface area contributed by atoms with Crippen molar-refractivity contribution in [1.82, 2.24) is 10.2 Å². The molecule has 1 atom stereocenters. The van der Waals surface area contributed by atoms with Gasteiger partial charge in [0.15, 0.2) is 0 Å². The van der Waals surface area contributed by atoms with Crippen LogP contribution in [0.15, 0.2) is 40.2 Å². The minimum Gasteiger partial charge on any atom is -0.400 e. The standard InChI is InChI=1S/C17H28N4O2.C2H6/c1-6-7-8-15(11-22)9-13(2)10-21(5)17(19-4)16(14(3)18)20-12-23;1-2/h7-9,11-13H,6,10,18H2,1-5H3,(H,20,23);1-2H3/b8-7-,15-9+,16-14-,19-17?;. The highest BCUT2D eigenvalue weighted by Gasteiger charge is 2.15. The van der Waals surface area contributed by atoms with Gasteiger partial charge in [0.25, 0.3) is 0 Å². The molecule has 0 aliphatic heterocycles. The van der Waals surface area contributed by atoms with E-state index in [1.807, 2.05) is 57.9 Å². The third-order valence-corrected chi connectivity index (χ3v) is 3.12. The maximum absolute atomic E-state index is 11.1. The summed E-state index contributed by atoms with van der Waals surface area (Å²) >= 11 is 0. The summed E-state index contributed by atoms with van der Waals surface area (Å²) in [7, 11) is 3.51. The number of aldehydes is 1. The van der Waals surface area contributed by atoms with E-state index in [9.17, 15) is 9.59 Å². The predicted octanol–water partition coefficient (Wildman–Crippen LogP) is 2.64. The highest BCUT2D eigenvalue weighted by Crippen LogP contribution is 2.09. The molecule has 0 bridgehead atoms. The highest BCUT2D eigenvalue weighted by atomic mass is 16.1. The zero-order valence-corrected chi connectivity index (χ0v) is 16.7. The maximum atomic E-state index is 11.1. The Balaban J connectivity index is 0. The van der Waals surface area contributed by atoms with Crippen LogP contribution in [-0.4, -0.2) is 44.1 Å². The minimum atomic E-state index is 0.119. The van der Waals surface area contributed by atoms with Crippen molar-refractivity contribution in [1.29, 1.82) is 0 Å². The van der Waals surface area contributed by atoms with E-state index in [1.54, 1.807) is 14.0 Å². The van der Waals surface area contributed by atoms with E-state index >= 15 is 0 Å². The summed E-state index contributed by atoms with van der Waals surface area (Å²) in [5, 5.41) is 2.59. The summed E-state index contributed by atoms with van der Waals surface area (Å²) in [4.78, 5) is 27.9. The molecule has 0 aromatic carbocycles. The number of hydrogen-bond donors (Lipinski definition) is 2. The monoisotopic (exact) mass is 350 g/mol. The molecular formula is C19H34N4O2. The largest absolute Gasteiger partial charge is 0.400 e. The molecule has 0 aromatic rings. The predicted molar refractivity (Wildman–Crippen MR) is 106 cm³/mol. The maximum Gasteiger partial charge on any atom is 0.211 e. The molecule has 0 fully saturated rings. The fourth-order valence-corrected chi connectivity index (χ4v) is 2.17. The molecule has 0 rings (SSSR count). The second-order valence-electron chi connectivity index (χ2n) is 5.32. The van der Waals surface area contributed by atoms with Crippen molar-refractivity contribution in [3.05, 3.63) is 35.2 Å². The lowest BCUT2D eigenvalue weighted by molar-refractivity contribution is -0.109. The normalized spacial score (nSPS) is 14.2. The van der Waals surface area contributed by atoms with Gasteiger partial charge in [0.05, 0.1) is 0 Å². The smallest absolute Gasteiger partial charge is 0.211 e. The second-order valence-corrected chi connectivity index (χ2v) is 5.32. The van der Waals surface area contributed by atoms with Crippen LogP contribution < -0.4 is 11.1 Å². The molecule has 0 radical (unpaired) electrons. The summed E-state index contributed by atoms with van der Waals surface area (Å²) in [5.41, 5.74) is 7.43. The Morgan fingerprint density at radius 3 is 2.32 bits per heavy atom. The van der Waals surface area contributed by atoms with Crippen molar-refractivity contribution < 1.29 is 9.59 Å². The lowest BCUT2D eigenvalue weighted by Gasteiger charge is -2.25. The topological polar surface area (TPSA) is 87.8 Å². The van der Waals surface area contributed by atoms with Gasteiger partial charge < -0.3 is 16.0 Å². The van der Waals surface area contributed by atoms with Gasteiger partial charge in [0.1, 0.15) is 17.8 Å². The molecule has 6 heteroatoms. The number of rotatable bonds is 9. The lowest BCUT2D eigenvalue weighted by Crippen LogP contribution is -2.37. The number of carbonyl (C=O) groups is 2. The zero-order valence-electron chi connectivity index (χ0n) is 16.7. The van der Waals surface area contributed by atoms with Gasteiger partial charge in [-0.25, -0.2) is 0 Å². The number of aliphatic imine (C=N–C) groups is 1. The first-order valence-electron chi connectivity index (χ1n) is 8.59. The highest BCUT2D eigenvalue weighted by molar-refractivity contribution is 5.99. The SMILES string of the molecule is CC.CC/C=C\C(C=O)=C/C(C)CN(C)C(=NC)/C(NC=O)=C(\C)N. The van der Waals surface area contributed by atoms with Crippen LogP contribution in [0.5, 0.6) is 0 Å². The molecule has 6 nitrogen and oxygen atoms in total. The number of nitrogens with zero attached hydrogens (tertiary/aromatic N) is 2. The Morgan fingerprint density at radius 1 is 1.32 bits per heavy atom. The van der Waals surface area contributed by atoms with Gasteiger partial charge in [-0.1, -0.05) is 45.9 Å². The van der Waals surface area contributed by atoms with Crippen molar-refractivity contribution >= 4 is 18.5 Å². The summed E-state index contributed by atoms with van der Waals surface area (Å²) < 4.78 is 0. The molecule has 0 aliphatic rings. The number of hydrogen-bond acceptors (Lipinski definition) is 4. The van der Waals surface area contributed by atoms with E-state index < -0.39 is 0 Å². The van der Waals surface area contributed by atoms with Crippen LogP contribution in [0.25, 0.3) is 0 Å². The fourth-order valence-electron chi connectivity index (χ4n) is 2.17. The Bertz CT molecular complexity index is 516. The number of likely N-dealkylation sites (N-methyl/N-ethyl adjacent to an activating group) is 1. The van der Waals surface area contributed by atoms with Gasteiger partial charge in [0.2, 0.25) is 6.41 Å². The Kier molecular flexibility index (Phi) is 15.1. The Morgan fingerprint density at radius 2 is 1.92 bits per heavy atom. The molecule has 0 heterocycles. The Labute approximate surface area is 152 Å². The van der Waals surface area contributed by atoms with Crippen LogP contribution in [-0.2, 0) is 9.59 Å². The number of nitrogens with one attached hydrogen (secondary N) is 1. The first-order valence-corrected chi connectivity index (χ1v) is 8.59. The summed E-state index contributed by atoms with van der Waals surface area (Å²) in [5.74, 6) is 0.711. The molecule has 0 saturated carbocycles. The first kappa shape index (κ1) is 24.9. The van der Waals surface area contributed by atoms with Crippen molar-refractivity contribution in [2.24, 2.45) is 16.6 Å². The molecule has 3 N–H and O–H groups in total. The Hall–Kier alpha value is -2.37. The summed E-state index contributed by atoms with van der Waals surface area (Å²) in [6.07, 6.45) is 7.99. The van der Waals surface area contributed by atoms with Crippen LogP contribution in [0.4, 0.5) is 0 Å². The van der Waals surface area contributed by atoms with Crippen LogP contribution >= 0.6 is 0 Å². The molecule has 0 aromatic heterocycles. The van der Waals surface area contributed by atoms with E-state index in [4.69, 9.17) is 5.73 Å². The van der Waals surface area contributed by atoms with Gasteiger partial charge in [-0.2, -0.15) is 0 Å². The van der Waals surface area contributed by atoms with Crippen molar-refractivity contribution in [2.45, 2.75) is 41.0 Å². The van der Waals surface area contributed by atoms with Gasteiger partial charge in [0, 0.05) is 31.9 Å². The van der Waals surface area contributed by atoms with Crippen LogP contribution in [0, 0.1) is 5.92 Å². The van der Waals surface area contributed by atoms with Gasteiger partial charge >= 0.3 is 0 Å². The average Bonchev–Trinajstić information content (AvgIpc) is 2.59. The molecule has 0 spiro atoms. The molecule has 25 heavy (non-hydrogen) atoms. The zero-order chi connectivity index (χ0) is 19.8. The summed E-state index contributed by atoms with van der Waals surface area (Å²) in [6.45, 7) is 10.4. The third-order valence-electron chi connectivity index (χ3n) is 3.12. The fraction of sp³-hybridized carbons (Fsp3) is 0.526. The van der Waals surface area contributed by atoms with Crippen LogP contribution in [0.1, 0.15) is 41.0 Å². The molecule has 142 valence electrons. The van der Waals surface area contributed by atoms with E-state index in [0.29, 0.717) is 35.8 Å². The minimum absolute atomic E-state index is 0.119. The van der Waals surface area contributed by atoms with Crippen LogP contribution in [0.2, 0.25) is 0 Å².